The van der Waals surface area contributed by atoms with Gasteiger partial charge in [-0.1, -0.05) is 19.0 Å². The van der Waals surface area contributed by atoms with Crippen molar-refractivity contribution in [3.8, 4) is 6.07 Å². The number of aromatic nitrogens is 2. The molecule has 0 saturated heterocycles. The van der Waals surface area contributed by atoms with Gasteiger partial charge in [0.2, 0.25) is 0 Å². The van der Waals surface area contributed by atoms with Gasteiger partial charge >= 0.3 is 0 Å². The van der Waals surface area contributed by atoms with E-state index in [-0.39, 0.29) is 11.7 Å². The van der Waals surface area contributed by atoms with E-state index in [9.17, 15) is 10.1 Å². The summed E-state index contributed by atoms with van der Waals surface area (Å²) in [5, 5.41) is 15.5. The van der Waals surface area contributed by atoms with Gasteiger partial charge in [0.05, 0.1) is 23.0 Å². The summed E-state index contributed by atoms with van der Waals surface area (Å²) in [5.74, 6) is -0.486. The first-order valence-corrected chi connectivity index (χ1v) is 7.15. The van der Waals surface area contributed by atoms with E-state index in [1.165, 1.54) is 11.3 Å². The smallest absolute Gasteiger partial charge is 0.192 e. The van der Waals surface area contributed by atoms with Gasteiger partial charge in [-0.15, -0.1) is 11.3 Å². The Labute approximate surface area is 121 Å². The van der Waals surface area contributed by atoms with Crippen molar-refractivity contribution in [3.63, 3.8) is 0 Å². The number of ketones is 1. The van der Waals surface area contributed by atoms with Crippen LogP contribution in [0.5, 0.6) is 0 Å². The quantitative estimate of drug-likeness (QED) is 0.806. The molecule has 6 heteroatoms. The van der Waals surface area contributed by atoms with Gasteiger partial charge in [-0.05, 0) is 19.8 Å². The Balaban J connectivity index is 2.38. The number of hydrogen-bond donors (Lipinski definition) is 0. The van der Waals surface area contributed by atoms with Gasteiger partial charge in [0.1, 0.15) is 10.8 Å². The summed E-state index contributed by atoms with van der Waals surface area (Å²) in [4.78, 5) is 16.9. The van der Waals surface area contributed by atoms with Crippen molar-refractivity contribution >= 4 is 17.1 Å². The van der Waals surface area contributed by atoms with Gasteiger partial charge in [0.25, 0.3) is 0 Å². The van der Waals surface area contributed by atoms with Crippen molar-refractivity contribution in [2.75, 3.05) is 0 Å². The van der Waals surface area contributed by atoms with E-state index < -0.39 is 5.92 Å². The minimum absolute atomic E-state index is 0.272. The molecule has 0 fully saturated rings. The fourth-order valence-electron chi connectivity index (χ4n) is 1.90. The Kier molecular flexibility index (Phi) is 4.00. The van der Waals surface area contributed by atoms with E-state index in [1.54, 1.807) is 13.8 Å². The van der Waals surface area contributed by atoms with E-state index in [4.69, 9.17) is 4.52 Å². The highest BCUT2D eigenvalue weighted by Crippen LogP contribution is 2.28. The molecule has 0 spiro atoms. The minimum Gasteiger partial charge on any atom is -0.361 e. The number of carbonyl (C=O) groups excluding carboxylic acids is 1. The molecule has 0 bridgehead atoms. The molecule has 0 aliphatic carbocycles. The highest BCUT2D eigenvalue weighted by atomic mass is 32.1. The zero-order valence-corrected chi connectivity index (χ0v) is 12.6. The molecule has 0 aliphatic rings. The zero-order valence-electron chi connectivity index (χ0n) is 11.8. The Bertz CT molecular complexity index is 659. The molecule has 0 amide bonds. The maximum atomic E-state index is 12.5. The second-order valence-corrected chi connectivity index (χ2v) is 5.78. The molecule has 5 nitrogen and oxygen atoms in total. The zero-order chi connectivity index (χ0) is 14.9. The third-order valence-corrected chi connectivity index (χ3v) is 3.98. The Morgan fingerprint density at radius 3 is 2.60 bits per heavy atom. The summed E-state index contributed by atoms with van der Waals surface area (Å²) in [6.07, 6.45) is 0. The predicted octanol–water partition coefficient (Wildman–Crippen LogP) is 3.36. The lowest BCUT2D eigenvalue weighted by molar-refractivity contribution is 0.0977. The largest absolute Gasteiger partial charge is 0.361 e. The fraction of sp³-hybridized carbons (Fsp3) is 0.429. The van der Waals surface area contributed by atoms with E-state index >= 15 is 0 Å². The normalized spacial score (nSPS) is 12.4. The molecule has 1 atom stereocenters. The van der Waals surface area contributed by atoms with Crippen molar-refractivity contribution in [1.29, 1.82) is 5.26 Å². The predicted molar refractivity (Wildman–Crippen MR) is 74.9 cm³/mol. The van der Waals surface area contributed by atoms with Crippen molar-refractivity contribution < 1.29 is 9.32 Å². The fourth-order valence-corrected chi connectivity index (χ4v) is 2.92. The van der Waals surface area contributed by atoms with Gasteiger partial charge in [-0.2, -0.15) is 5.26 Å². The molecular formula is C14H15N3O2S. The lowest BCUT2D eigenvalue weighted by Crippen LogP contribution is -2.13. The molecular weight excluding hydrogens is 274 g/mol. The molecule has 1 unspecified atom stereocenters. The number of rotatable bonds is 4. The topological polar surface area (TPSA) is 79.8 Å². The maximum absolute atomic E-state index is 12.5. The van der Waals surface area contributed by atoms with Crippen LogP contribution in [-0.4, -0.2) is 15.9 Å². The van der Waals surface area contributed by atoms with Gasteiger partial charge in [0.15, 0.2) is 11.7 Å². The molecule has 2 aromatic heterocycles. The average molecular weight is 289 g/mol. The molecule has 0 radical (unpaired) electrons. The third-order valence-electron chi connectivity index (χ3n) is 3.05. The van der Waals surface area contributed by atoms with Gasteiger partial charge in [-0.3, -0.25) is 4.79 Å². The lowest BCUT2D eigenvalue weighted by atomic mass is 9.98. The number of thiazole rings is 1. The number of hydrogen-bond acceptors (Lipinski definition) is 6. The number of Topliss-reactive ketones (excluding diaryl/α,β-unsaturated/α-hetero) is 1. The second-order valence-electron chi connectivity index (χ2n) is 4.89. The van der Waals surface area contributed by atoms with Crippen LogP contribution in [0.2, 0.25) is 0 Å². The van der Waals surface area contributed by atoms with Crippen LogP contribution >= 0.6 is 11.3 Å². The van der Waals surface area contributed by atoms with Crippen LogP contribution in [0.3, 0.4) is 0 Å². The summed E-state index contributed by atoms with van der Waals surface area (Å²) >= 11 is 1.34. The van der Waals surface area contributed by atoms with Crippen molar-refractivity contribution in [2.24, 2.45) is 0 Å². The first kappa shape index (κ1) is 14.4. The summed E-state index contributed by atoms with van der Waals surface area (Å²) in [7, 11) is 0. The van der Waals surface area contributed by atoms with Gasteiger partial charge in [0, 0.05) is 5.38 Å². The lowest BCUT2D eigenvalue weighted by Gasteiger charge is -2.04. The number of aryl methyl sites for hydroxylation is 2. The van der Waals surface area contributed by atoms with Crippen LogP contribution < -0.4 is 0 Å². The molecule has 2 heterocycles. The second kappa shape index (κ2) is 5.55. The van der Waals surface area contributed by atoms with Crippen LogP contribution in [0.4, 0.5) is 0 Å². The summed E-state index contributed by atoms with van der Waals surface area (Å²) in [5.41, 5.74) is 1.79. The molecule has 0 aliphatic heterocycles. The highest BCUT2D eigenvalue weighted by Gasteiger charge is 2.29. The molecule has 104 valence electrons. The summed E-state index contributed by atoms with van der Waals surface area (Å²) in [6.45, 7) is 7.41. The molecule has 0 aromatic carbocycles. The summed E-state index contributed by atoms with van der Waals surface area (Å²) < 4.78 is 4.99. The van der Waals surface area contributed by atoms with Crippen LogP contribution in [0.1, 0.15) is 58.2 Å². The van der Waals surface area contributed by atoms with Crippen LogP contribution in [-0.2, 0) is 0 Å². The number of nitrogens with zero attached hydrogens (tertiary/aromatic N) is 3. The van der Waals surface area contributed by atoms with E-state index in [1.807, 2.05) is 25.3 Å². The standard InChI is InChI=1S/C14H15N3O2S/c1-7(2)11-6-20-14(16-11)10(5-15)13(18)12-8(3)17-19-9(12)4/h6-7,10H,1-4H3. The number of carbonyl (C=O) groups is 1. The van der Waals surface area contributed by atoms with Crippen molar-refractivity contribution in [1.82, 2.24) is 10.1 Å². The molecule has 20 heavy (non-hydrogen) atoms. The number of nitriles is 1. The Morgan fingerprint density at radius 2 is 2.15 bits per heavy atom. The van der Waals surface area contributed by atoms with E-state index in [2.05, 4.69) is 10.1 Å². The molecule has 0 N–H and O–H groups in total. The first-order valence-electron chi connectivity index (χ1n) is 6.27. The van der Waals surface area contributed by atoms with E-state index in [0.717, 1.165) is 5.69 Å². The third kappa shape index (κ3) is 2.49. The SMILES string of the molecule is Cc1noc(C)c1C(=O)C(C#N)c1nc(C(C)C)cs1. The highest BCUT2D eigenvalue weighted by molar-refractivity contribution is 7.10. The van der Waals surface area contributed by atoms with Crippen LogP contribution in [0, 0.1) is 25.2 Å². The maximum Gasteiger partial charge on any atom is 0.192 e. The van der Waals surface area contributed by atoms with Gasteiger partial charge in [-0.25, -0.2) is 4.98 Å². The van der Waals surface area contributed by atoms with Crippen molar-refractivity contribution in [3.05, 3.63) is 33.1 Å². The van der Waals surface area contributed by atoms with Gasteiger partial charge < -0.3 is 4.52 Å². The average Bonchev–Trinajstić information content (AvgIpc) is 2.98. The molecule has 0 saturated carbocycles. The first-order chi connectivity index (χ1) is 9.45. The van der Waals surface area contributed by atoms with E-state index in [0.29, 0.717) is 22.0 Å². The summed E-state index contributed by atoms with van der Waals surface area (Å²) in [6, 6.07) is 2.04. The van der Waals surface area contributed by atoms with Crippen molar-refractivity contribution in [2.45, 2.75) is 39.5 Å². The molecule has 2 aromatic rings. The monoisotopic (exact) mass is 289 g/mol. The molecule has 2 rings (SSSR count). The minimum atomic E-state index is -0.899. The van der Waals surface area contributed by atoms with Crippen LogP contribution in [0.15, 0.2) is 9.90 Å². The Hall–Kier alpha value is -2.00. The van der Waals surface area contributed by atoms with Crippen LogP contribution in [0.25, 0.3) is 0 Å². The Morgan fingerprint density at radius 1 is 1.45 bits per heavy atom.